The third-order valence-electron chi connectivity index (χ3n) is 2.73. The van der Waals surface area contributed by atoms with Crippen LogP contribution in [0.15, 0.2) is 9.85 Å². The minimum atomic E-state index is 0.737. The number of nitrogens with one attached hydrogen (secondary N) is 1. The Morgan fingerprint density at radius 1 is 1.44 bits per heavy atom. The van der Waals surface area contributed by atoms with Crippen molar-refractivity contribution in [3.05, 3.63) is 31.9 Å². The maximum Gasteiger partial charge on any atom is 0.107 e. The summed E-state index contributed by atoms with van der Waals surface area (Å²) in [7, 11) is 0. The Morgan fingerprint density at radius 2 is 2.22 bits per heavy atom. The number of thiazole rings is 1. The van der Waals surface area contributed by atoms with E-state index >= 15 is 0 Å². The van der Waals surface area contributed by atoms with Crippen molar-refractivity contribution in [1.82, 2.24) is 20.1 Å². The molecule has 0 spiro atoms. The summed E-state index contributed by atoms with van der Waals surface area (Å²) in [5, 5.41) is 11.0. The van der Waals surface area contributed by atoms with Crippen LogP contribution in [0.2, 0.25) is 0 Å². The lowest BCUT2D eigenvalue weighted by Crippen LogP contribution is -2.11. The first-order chi connectivity index (χ1) is 8.61. The quantitative estimate of drug-likeness (QED) is 0.917. The van der Waals surface area contributed by atoms with Crippen molar-refractivity contribution in [2.24, 2.45) is 0 Å². The van der Waals surface area contributed by atoms with E-state index in [1.54, 1.807) is 11.3 Å². The first-order valence-electron chi connectivity index (χ1n) is 5.95. The molecule has 6 heteroatoms. The average Bonchev–Trinajstić information content (AvgIpc) is 2.89. The molecule has 4 nitrogen and oxygen atoms in total. The highest BCUT2D eigenvalue weighted by atomic mass is 79.9. The molecule has 2 rings (SSSR count). The molecule has 98 valence electrons. The van der Waals surface area contributed by atoms with Crippen LogP contribution in [-0.2, 0) is 13.1 Å². The molecule has 0 unspecified atom stereocenters. The van der Waals surface area contributed by atoms with Gasteiger partial charge in [-0.1, -0.05) is 6.92 Å². The second kappa shape index (κ2) is 5.95. The van der Waals surface area contributed by atoms with Gasteiger partial charge in [-0.2, -0.15) is 5.10 Å². The number of rotatable bonds is 5. The standard InChI is InChI=1S/C12H17BrN4S/c1-4-14-5-11-15-10(7-18-11)6-17-9(3)12(13)8(2)16-17/h7,14H,4-6H2,1-3H3. The van der Waals surface area contributed by atoms with Crippen LogP contribution in [0.25, 0.3) is 0 Å². The van der Waals surface area contributed by atoms with Crippen molar-refractivity contribution in [2.45, 2.75) is 33.9 Å². The van der Waals surface area contributed by atoms with Gasteiger partial charge in [0.25, 0.3) is 0 Å². The van der Waals surface area contributed by atoms with Gasteiger partial charge in [0.1, 0.15) is 5.01 Å². The Labute approximate surface area is 120 Å². The normalized spacial score (nSPS) is 11.1. The van der Waals surface area contributed by atoms with E-state index < -0.39 is 0 Å². The van der Waals surface area contributed by atoms with Gasteiger partial charge in [0.05, 0.1) is 28.1 Å². The molecule has 1 N–H and O–H groups in total. The maximum atomic E-state index is 4.60. The highest BCUT2D eigenvalue weighted by molar-refractivity contribution is 9.10. The number of hydrogen-bond donors (Lipinski definition) is 1. The van der Waals surface area contributed by atoms with Gasteiger partial charge in [-0.3, -0.25) is 4.68 Å². The zero-order valence-electron chi connectivity index (χ0n) is 10.8. The predicted octanol–water partition coefficient (Wildman–Crippen LogP) is 2.88. The number of hydrogen-bond acceptors (Lipinski definition) is 4. The summed E-state index contributed by atoms with van der Waals surface area (Å²) < 4.78 is 3.08. The lowest BCUT2D eigenvalue weighted by atomic mass is 10.4. The first kappa shape index (κ1) is 13.7. The summed E-state index contributed by atoms with van der Waals surface area (Å²) in [6, 6.07) is 0. The Balaban J connectivity index is 2.09. The molecule has 18 heavy (non-hydrogen) atoms. The molecule has 2 aromatic heterocycles. The molecule has 2 aromatic rings. The van der Waals surface area contributed by atoms with Crippen molar-refractivity contribution in [3.63, 3.8) is 0 Å². The van der Waals surface area contributed by atoms with Gasteiger partial charge in [-0.25, -0.2) is 4.98 Å². The van der Waals surface area contributed by atoms with Crippen LogP contribution in [0.3, 0.4) is 0 Å². The van der Waals surface area contributed by atoms with E-state index in [0.717, 1.165) is 46.2 Å². The molecule has 0 radical (unpaired) electrons. The average molecular weight is 329 g/mol. The summed E-state index contributed by atoms with van der Waals surface area (Å²) in [6.45, 7) is 8.73. The molecule has 0 aliphatic carbocycles. The van der Waals surface area contributed by atoms with E-state index in [1.165, 1.54) is 0 Å². The molecule has 0 bridgehead atoms. The number of nitrogens with zero attached hydrogens (tertiary/aromatic N) is 3. The number of aryl methyl sites for hydroxylation is 1. The van der Waals surface area contributed by atoms with Gasteiger partial charge in [0.15, 0.2) is 0 Å². The van der Waals surface area contributed by atoms with E-state index in [9.17, 15) is 0 Å². The minimum Gasteiger partial charge on any atom is -0.311 e. The van der Waals surface area contributed by atoms with Gasteiger partial charge in [0.2, 0.25) is 0 Å². The van der Waals surface area contributed by atoms with E-state index in [-0.39, 0.29) is 0 Å². The molecular weight excluding hydrogens is 312 g/mol. The molecule has 0 fully saturated rings. The Kier molecular flexibility index (Phi) is 4.53. The van der Waals surface area contributed by atoms with Crippen molar-refractivity contribution >= 4 is 27.3 Å². The number of aromatic nitrogens is 3. The van der Waals surface area contributed by atoms with Gasteiger partial charge in [-0.05, 0) is 36.3 Å². The van der Waals surface area contributed by atoms with Crippen LogP contribution in [0.5, 0.6) is 0 Å². The third-order valence-corrected chi connectivity index (χ3v) is 4.78. The molecule has 0 amide bonds. The van der Waals surface area contributed by atoms with Crippen molar-refractivity contribution in [3.8, 4) is 0 Å². The molecule has 0 saturated heterocycles. The molecule has 0 aliphatic heterocycles. The highest BCUT2D eigenvalue weighted by Gasteiger charge is 2.10. The fourth-order valence-electron chi connectivity index (χ4n) is 1.72. The predicted molar refractivity (Wildman–Crippen MR) is 78.0 cm³/mol. The van der Waals surface area contributed by atoms with Crippen LogP contribution in [0.1, 0.15) is 29.0 Å². The Morgan fingerprint density at radius 3 is 2.83 bits per heavy atom. The SMILES string of the molecule is CCNCc1nc(Cn2nc(C)c(Br)c2C)cs1. The fraction of sp³-hybridized carbons (Fsp3) is 0.500. The highest BCUT2D eigenvalue weighted by Crippen LogP contribution is 2.21. The van der Waals surface area contributed by atoms with Gasteiger partial charge in [0, 0.05) is 11.9 Å². The largest absolute Gasteiger partial charge is 0.311 e. The fourth-order valence-corrected chi connectivity index (χ4v) is 2.76. The third kappa shape index (κ3) is 2.99. The molecule has 0 atom stereocenters. The van der Waals surface area contributed by atoms with Crippen LogP contribution in [0.4, 0.5) is 0 Å². The Bertz CT molecular complexity index is 532. The second-order valence-electron chi connectivity index (χ2n) is 4.16. The molecule has 2 heterocycles. The van der Waals surface area contributed by atoms with Crippen molar-refractivity contribution in [1.29, 1.82) is 0 Å². The smallest absolute Gasteiger partial charge is 0.107 e. The van der Waals surface area contributed by atoms with E-state index in [0.29, 0.717) is 0 Å². The van der Waals surface area contributed by atoms with Crippen LogP contribution < -0.4 is 5.32 Å². The first-order valence-corrected chi connectivity index (χ1v) is 7.62. The summed E-state index contributed by atoms with van der Waals surface area (Å²) in [6.07, 6.45) is 0. The lowest BCUT2D eigenvalue weighted by Gasteiger charge is -2.01. The second-order valence-corrected chi connectivity index (χ2v) is 5.89. The number of halogens is 1. The van der Waals surface area contributed by atoms with E-state index in [1.807, 2.05) is 11.6 Å². The van der Waals surface area contributed by atoms with Crippen LogP contribution in [0, 0.1) is 13.8 Å². The monoisotopic (exact) mass is 328 g/mol. The summed E-state index contributed by atoms with van der Waals surface area (Å²) in [4.78, 5) is 4.60. The zero-order valence-corrected chi connectivity index (χ0v) is 13.2. The van der Waals surface area contributed by atoms with Crippen molar-refractivity contribution in [2.75, 3.05) is 6.54 Å². The Hall–Kier alpha value is -0.720. The molecule has 0 aromatic carbocycles. The summed E-state index contributed by atoms with van der Waals surface area (Å²) >= 11 is 5.24. The van der Waals surface area contributed by atoms with Gasteiger partial charge in [-0.15, -0.1) is 11.3 Å². The summed E-state index contributed by atoms with van der Waals surface area (Å²) in [5.41, 5.74) is 3.25. The molecular formula is C12H17BrN4S. The summed E-state index contributed by atoms with van der Waals surface area (Å²) in [5.74, 6) is 0. The molecule has 0 saturated carbocycles. The maximum absolute atomic E-state index is 4.60. The van der Waals surface area contributed by atoms with E-state index in [4.69, 9.17) is 0 Å². The van der Waals surface area contributed by atoms with Crippen LogP contribution >= 0.6 is 27.3 Å². The lowest BCUT2D eigenvalue weighted by molar-refractivity contribution is 0.644. The van der Waals surface area contributed by atoms with E-state index in [2.05, 4.69) is 50.6 Å². The molecule has 0 aliphatic rings. The zero-order chi connectivity index (χ0) is 13.1. The van der Waals surface area contributed by atoms with Crippen LogP contribution in [-0.4, -0.2) is 21.3 Å². The van der Waals surface area contributed by atoms with Gasteiger partial charge < -0.3 is 5.32 Å². The topological polar surface area (TPSA) is 42.7 Å². The van der Waals surface area contributed by atoms with Crippen molar-refractivity contribution < 1.29 is 0 Å². The minimum absolute atomic E-state index is 0.737. The van der Waals surface area contributed by atoms with Gasteiger partial charge >= 0.3 is 0 Å².